The van der Waals surface area contributed by atoms with Crippen LogP contribution in [0.4, 0.5) is 0 Å². The summed E-state index contributed by atoms with van der Waals surface area (Å²) in [5.41, 5.74) is 0. The first-order chi connectivity index (χ1) is 10.2. The maximum absolute atomic E-state index is 6.29. The van der Waals surface area contributed by atoms with Gasteiger partial charge in [0.05, 0.1) is 0 Å². The Morgan fingerprint density at radius 3 is 1.67 bits per heavy atom. The van der Waals surface area contributed by atoms with Crippen molar-refractivity contribution in [2.45, 2.75) is 83.1 Å². The van der Waals surface area contributed by atoms with Crippen molar-refractivity contribution in [3.63, 3.8) is 0 Å². The molecule has 0 aromatic heterocycles. The molecule has 0 N–H and O–H groups in total. The van der Waals surface area contributed by atoms with Crippen molar-refractivity contribution in [2.24, 2.45) is 0 Å². The molecule has 0 saturated heterocycles. The number of ether oxygens (including phenoxy) is 1. The van der Waals surface area contributed by atoms with Crippen LogP contribution in [0.1, 0.15) is 65.7 Å². The Morgan fingerprint density at radius 1 is 0.857 bits per heavy atom. The molecule has 0 aliphatic rings. The quantitative estimate of drug-likeness (QED) is 0.224. The van der Waals surface area contributed by atoms with Gasteiger partial charge in [0.25, 0.3) is 0 Å². The van der Waals surface area contributed by atoms with E-state index in [4.69, 9.17) is 4.74 Å². The molecule has 21 heavy (non-hydrogen) atoms. The Morgan fingerprint density at radius 2 is 1.33 bits per heavy atom. The van der Waals surface area contributed by atoms with E-state index < -0.39 is 18.4 Å². The van der Waals surface area contributed by atoms with Crippen LogP contribution < -0.4 is 0 Å². The van der Waals surface area contributed by atoms with Gasteiger partial charge in [-0.1, -0.05) is 0 Å². The summed E-state index contributed by atoms with van der Waals surface area (Å²) < 4.78 is 11.3. The molecule has 0 fully saturated rings. The summed E-state index contributed by atoms with van der Waals surface area (Å²) in [5, 5.41) is 0. The summed E-state index contributed by atoms with van der Waals surface area (Å²) in [6.07, 6.45) is 13.2. The van der Waals surface area contributed by atoms with Crippen LogP contribution in [0.25, 0.3) is 0 Å². The summed E-state index contributed by atoms with van der Waals surface area (Å²) in [6, 6.07) is 0. The van der Waals surface area contributed by atoms with E-state index in [2.05, 4.69) is 40.0 Å². The summed E-state index contributed by atoms with van der Waals surface area (Å²) >= 11 is -2.27. The Hall–Kier alpha value is 0.239. The number of rotatable bonds is 15. The van der Waals surface area contributed by atoms with Gasteiger partial charge in [0, 0.05) is 0 Å². The van der Waals surface area contributed by atoms with Crippen molar-refractivity contribution >= 4 is 18.4 Å². The van der Waals surface area contributed by atoms with Crippen LogP contribution in [0.15, 0.2) is 25.3 Å². The molecule has 2 heteroatoms. The second-order valence-electron chi connectivity index (χ2n) is 6.31. The minimum atomic E-state index is -2.27. The van der Waals surface area contributed by atoms with Gasteiger partial charge in [-0.2, -0.15) is 0 Å². The second-order valence-corrected chi connectivity index (χ2v) is 20.2. The first-order valence-electron chi connectivity index (χ1n) is 9.04. The molecule has 0 heterocycles. The average molecular weight is 401 g/mol. The molecule has 1 nitrogen and oxygen atoms in total. The molecule has 0 aliphatic carbocycles. The maximum atomic E-state index is 6.29. The van der Waals surface area contributed by atoms with Gasteiger partial charge in [0.1, 0.15) is 0 Å². The Bertz CT molecular complexity index is 241. The third-order valence-electron chi connectivity index (χ3n) is 4.56. The van der Waals surface area contributed by atoms with Crippen molar-refractivity contribution in [1.82, 2.24) is 0 Å². The second kappa shape index (κ2) is 13.9. The molecule has 0 bridgehead atoms. The van der Waals surface area contributed by atoms with E-state index in [0.717, 1.165) is 6.42 Å². The molecule has 0 spiro atoms. The van der Waals surface area contributed by atoms with Gasteiger partial charge in [-0.3, -0.25) is 0 Å². The molecule has 1 atom stereocenters. The Balaban J connectivity index is 5.16. The third kappa shape index (κ3) is 8.44. The van der Waals surface area contributed by atoms with Crippen LogP contribution in [0.5, 0.6) is 0 Å². The molecule has 1 unspecified atom stereocenters. The van der Waals surface area contributed by atoms with Gasteiger partial charge in [0.15, 0.2) is 0 Å². The Kier molecular flexibility index (Phi) is 14.0. The van der Waals surface area contributed by atoms with Gasteiger partial charge < -0.3 is 0 Å². The molecule has 0 radical (unpaired) electrons. The van der Waals surface area contributed by atoms with Crippen LogP contribution in [0.3, 0.4) is 0 Å². The summed E-state index contributed by atoms with van der Waals surface area (Å²) in [6.45, 7) is 15.5. The zero-order valence-electron chi connectivity index (χ0n) is 14.8. The zero-order chi connectivity index (χ0) is 16.0. The predicted octanol–water partition coefficient (Wildman–Crippen LogP) is 6.52. The molecule has 0 saturated carbocycles. The van der Waals surface area contributed by atoms with Crippen LogP contribution in [0, 0.1) is 0 Å². The molecule has 0 amide bonds. The molecule has 0 aromatic carbocycles. The van der Waals surface area contributed by atoms with Gasteiger partial charge in [0.2, 0.25) is 0 Å². The predicted molar refractivity (Wildman–Crippen MR) is 99.7 cm³/mol. The molecule has 0 aliphatic heterocycles. The topological polar surface area (TPSA) is 9.23 Å². The van der Waals surface area contributed by atoms with Crippen molar-refractivity contribution in [1.29, 1.82) is 0 Å². The fraction of sp³-hybridized carbons (Fsp3) is 0.789. The van der Waals surface area contributed by atoms with Crippen LogP contribution in [0.2, 0.25) is 13.3 Å². The van der Waals surface area contributed by atoms with Crippen molar-refractivity contribution < 1.29 is 4.74 Å². The van der Waals surface area contributed by atoms with Crippen LogP contribution in [-0.4, -0.2) is 29.1 Å². The van der Waals surface area contributed by atoms with E-state index in [1.165, 1.54) is 51.8 Å². The first-order valence-corrected chi connectivity index (χ1v) is 16.7. The van der Waals surface area contributed by atoms with Crippen molar-refractivity contribution in [2.75, 3.05) is 6.61 Å². The monoisotopic (exact) mass is 402 g/mol. The van der Waals surface area contributed by atoms with Gasteiger partial charge in [-0.15, -0.1) is 0 Å². The Labute approximate surface area is 138 Å². The van der Waals surface area contributed by atoms with E-state index in [1.807, 2.05) is 6.08 Å². The van der Waals surface area contributed by atoms with Gasteiger partial charge in [-0.25, -0.2) is 0 Å². The molecular formula is C19H38OSn. The van der Waals surface area contributed by atoms with E-state index in [9.17, 15) is 0 Å². The number of unbranched alkanes of at least 4 members (excludes halogenated alkanes) is 3. The summed E-state index contributed by atoms with van der Waals surface area (Å²) in [7, 11) is 0. The fourth-order valence-corrected chi connectivity index (χ4v) is 20.4. The SMILES string of the molecule is C=CCO[CH](CC=C)[Sn]([CH2]CCC)([CH2]CCC)[CH2]CCC. The average Bonchev–Trinajstić information content (AvgIpc) is 2.51. The van der Waals surface area contributed by atoms with E-state index >= 15 is 0 Å². The summed E-state index contributed by atoms with van der Waals surface area (Å²) in [4.78, 5) is 0. The van der Waals surface area contributed by atoms with Crippen LogP contribution >= 0.6 is 0 Å². The van der Waals surface area contributed by atoms with Crippen molar-refractivity contribution in [3.8, 4) is 0 Å². The van der Waals surface area contributed by atoms with Gasteiger partial charge in [-0.05, 0) is 0 Å². The molecule has 0 rings (SSSR count). The van der Waals surface area contributed by atoms with Crippen LogP contribution in [-0.2, 0) is 4.74 Å². The zero-order valence-corrected chi connectivity index (χ0v) is 17.7. The first kappa shape index (κ1) is 21.2. The van der Waals surface area contributed by atoms with E-state index in [-0.39, 0.29) is 0 Å². The summed E-state index contributed by atoms with van der Waals surface area (Å²) in [5.74, 6) is 0. The number of hydrogen-bond donors (Lipinski definition) is 0. The normalized spacial score (nSPS) is 13.1. The standard InChI is InChI=1S/C7H11O.3C4H9.Sn/c1-3-5-7-8-6-4-2;3*1-3-4-2;/h3-4,7H,1-2,5-6H2;3*1,3-4H2,2H3;. The number of hydrogen-bond acceptors (Lipinski definition) is 1. The molecular weight excluding hydrogens is 363 g/mol. The third-order valence-corrected chi connectivity index (χ3v) is 21.2. The molecule has 0 aromatic rings. The van der Waals surface area contributed by atoms with Crippen molar-refractivity contribution in [3.05, 3.63) is 25.3 Å². The van der Waals surface area contributed by atoms with Gasteiger partial charge >= 0.3 is 138 Å². The fourth-order valence-electron chi connectivity index (χ4n) is 3.27. The minimum absolute atomic E-state index is 0.513. The van der Waals surface area contributed by atoms with E-state index in [0.29, 0.717) is 10.7 Å². The van der Waals surface area contributed by atoms with E-state index in [1.54, 1.807) is 0 Å². The molecule has 124 valence electrons.